The van der Waals surface area contributed by atoms with Gasteiger partial charge < -0.3 is 0 Å². The van der Waals surface area contributed by atoms with Crippen LogP contribution in [0.15, 0.2) is 24.5 Å². The highest BCUT2D eigenvalue weighted by Crippen LogP contribution is 2.17. The molecular formula is C9H10N3+. The van der Waals surface area contributed by atoms with E-state index in [1.54, 1.807) is 0 Å². The van der Waals surface area contributed by atoms with Crippen LogP contribution in [-0.4, -0.2) is 20.1 Å². The third-order valence-electron chi connectivity index (χ3n) is 2.48. The lowest BCUT2D eigenvalue weighted by Crippen LogP contribution is -2.12. The average Bonchev–Trinajstić information content (AvgIpc) is 2.62. The predicted molar refractivity (Wildman–Crippen MR) is 45.0 cm³/mol. The first-order chi connectivity index (χ1) is 5.95. The van der Waals surface area contributed by atoms with Gasteiger partial charge >= 0.3 is 0 Å². The lowest BCUT2D eigenvalue weighted by molar-refractivity contribution is -0.488. The zero-order valence-electron chi connectivity index (χ0n) is 6.77. The van der Waals surface area contributed by atoms with E-state index in [0.717, 1.165) is 19.5 Å². The summed E-state index contributed by atoms with van der Waals surface area (Å²) < 4.78 is 4.32. The number of rotatable bonds is 0. The molecule has 0 atom stereocenters. The number of fused-ring (bicyclic) bond motifs is 2. The first-order valence-electron chi connectivity index (χ1n) is 4.26. The van der Waals surface area contributed by atoms with Gasteiger partial charge in [-0.3, -0.25) is 0 Å². The van der Waals surface area contributed by atoms with Crippen molar-refractivity contribution in [1.82, 2.24) is 9.78 Å². The van der Waals surface area contributed by atoms with Crippen LogP contribution in [0.3, 0.4) is 0 Å². The number of hydrogen-bond acceptors (Lipinski definition) is 1. The van der Waals surface area contributed by atoms with Gasteiger partial charge in [-0.1, -0.05) is 0 Å². The third kappa shape index (κ3) is 0.656. The van der Waals surface area contributed by atoms with Gasteiger partial charge in [-0.25, -0.2) is 0 Å². The molecule has 60 valence electrons. The smallest absolute Gasteiger partial charge is 0.199 e. The van der Waals surface area contributed by atoms with E-state index < -0.39 is 0 Å². The summed E-state index contributed by atoms with van der Waals surface area (Å²) >= 11 is 0. The number of aromatic nitrogens is 2. The second-order valence-corrected chi connectivity index (χ2v) is 3.20. The fourth-order valence-corrected chi connectivity index (χ4v) is 1.90. The maximum Gasteiger partial charge on any atom is 0.243 e. The van der Waals surface area contributed by atoms with Crippen LogP contribution < -0.4 is 0 Å². The number of hydrogen-bond donors (Lipinski definition) is 0. The first kappa shape index (κ1) is 6.17. The van der Waals surface area contributed by atoms with E-state index in [1.807, 2.05) is 10.9 Å². The quantitative estimate of drug-likeness (QED) is 0.518. The molecule has 0 saturated heterocycles. The first-order valence-corrected chi connectivity index (χ1v) is 4.26. The summed E-state index contributed by atoms with van der Waals surface area (Å²) in [6, 6.07) is 2.09. The standard InChI is InChI=1S/C9H10N3/c1-2-6-11-7-12-9(4-5-10-12)8(11)3-1/h2,4-6H,1,3,7H2/q+1. The van der Waals surface area contributed by atoms with Gasteiger partial charge in [-0.2, -0.15) is 14.4 Å². The maximum atomic E-state index is 4.24. The van der Waals surface area contributed by atoms with Crippen molar-refractivity contribution in [2.45, 2.75) is 19.5 Å². The van der Waals surface area contributed by atoms with Gasteiger partial charge in [0.1, 0.15) is 5.69 Å². The maximum absolute atomic E-state index is 4.24. The highest BCUT2D eigenvalue weighted by Gasteiger charge is 2.28. The van der Waals surface area contributed by atoms with Crippen LogP contribution >= 0.6 is 0 Å². The Labute approximate surface area is 70.6 Å². The van der Waals surface area contributed by atoms with Gasteiger partial charge in [0.05, 0.1) is 6.20 Å². The molecule has 1 aromatic rings. The molecule has 3 heteroatoms. The van der Waals surface area contributed by atoms with Crippen molar-refractivity contribution >= 4 is 5.71 Å². The van der Waals surface area contributed by atoms with Gasteiger partial charge in [-0.05, 0) is 18.6 Å². The lowest BCUT2D eigenvalue weighted by Gasteiger charge is -1.98. The van der Waals surface area contributed by atoms with Crippen LogP contribution in [0.4, 0.5) is 0 Å². The molecule has 3 rings (SSSR count). The SMILES string of the molecule is C1=C[N+]2=C(CC1)c1ccnn1C2. The summed E-state index contributed by atoms with van der Waals surface area (Å²) in [6.45, 7) is 0.897. The van der Waals surface area contributed by atoms with Crippen LogP contribution in [-0.2, 0) is 6.67 Å². The number of nitrogens with zero attached hydrogens (tertiary/aromatic N) is 3. The minimum atomic E-state index is 0.897. The fourth-order valence-electron chi connectivity index (χ4n) is 1.90. The molecule has 2 aliphatic heterocycles. The summed E-state index contributed by atoms with van der Waals surface area (Å²) in [5.74, 6) is 0. The molecule has 0 bridgehead atoms. The van der Waals surface area contributed by atoms with Crippen LogP contribution in [0.2, 0.25) is 0 Å². The Balaban J connectivity index is 2.18. The molecule has 12 heavy (non-hydrogen) atoms. The Morgan fingerprint density at radius 1 is 1.50 bits per heavy atom. The topological polar surface area (TPSA) is 20.8 Å². The molecule has 0 fully saturated rings. The molecule has 0 aromatic carbocycles. The third-order valence-corrected chi connectivity index (χ3v) is 2.48. The minimum Gasteiger partial charge on any atom is -0.199 e. The summed E-state index contributed by atoms with van der Waals surface area (Å²) in [5, 5.41) is 4.24. The van der Waals surface area contributed by atoms with E-state index in [0.29, 0.717) is 0 Å². The highest BCUT2D eigenvalue weighted by atomic mass is 15.4. The molecule has 0 saturated carbocycles. The second kappa shape index (κ2) is 2.06. The molecule has 2 aliphatic rings. The van der Waals surface area contributed by atoms with Crippen molar-refractivity contribution in [1.29, 1.82) is 0 Å². The van der Waals surface area contributed by atoms with Crippen molar-refractivity contribution in [3.8, 4) is 0 Å². The Hall–Kier alpha value is -1.38. The van der Waals surface area contributed by atoms with Gasteiger partial charge in [0.2, 0.25) is 12.4 Å². The molecule has 0 unspecified atom stereocenters. The van der Waals surface area contributed by atoms with Crippen LogP contribution in [0, 0.1) is 0 Å². The molecule has 3 heterocycles. The summed E-state index contributed by atoms with van der Waals surface area (Å²) in [7, 11) is 0. The molecule has 0 aliphatic carbocycles. The minimum absolute atomic E-state index is 0.897. The van der Waals surface area contributed by atoms with Gasteiger partial charge in [0, 0.05) is 6.42 Å². The normalized spacial score (nSPS) is 19.7. The fraction of sp³-hybridized carbons (Fsp3) is 0.333. The van der Waals surface area contributed by atoms with Gasteiger partial charge in [-0.15, -0.1) is 0 Å². The van der Waals surface area contributed by atoms with E-state index in [-0.39, 0.29) is 0 Å². The Morgan fingerprint density at radius 2 is 2.50 bits per heavy atom. The average molecular weight is 160 g/mol. The van der Waals surface area contributed by atoms with Crippen molar-refractivity contribution in [3.05, 3.63) is 30.2 Å². The lowest BCUT2D eigenvalue weighted by atomic mass is 10.1. The zero-order chi connectivity index (χ0) is 7.97. The van der Waals surface area contributed by atoms with E-state index >= 15 is 0 Å². The van der Waals surface area contributed by atoms with Crippen molar-refractivity contribution in [2.75, 3.05) is 0 Å². The second-order valence-electron chi connectivity index (χ2n) is 3.20. The van der Waals surface area contributed by atoms with E-state index in [1.165, 1.54) is 11.4 Å². The van der Waals surface area contributed by atoms with Crippen molar-refractivity contribution < 1.29 is 4.58 Å². The van der Waals surface area contributed by atoms with E-state index in [2.05, 4.69) is 28.0 Å². The zero-order valence-corrected chi connectivity index (χ0v) is 6.77. The monoisotopic (exact) mass is 160 g/mol. The highest BCUT2D eigenvalue weighted by molar-refractivity contribution is 5.96. The number of allylic oxidation sites excluding steroid dienone is 1. The van der Waals surface area contributed by atoms with Crippen LogP contribution in [0.25, 0.3) is 0 Å². The molecule has 0 radical (unpaired) electrons. The van der Waals surface area contributed by atoms with Crippen LogP contribution in [0.1, 0.15) is 18.5 Å². The van der Waals surface area contributed by atoms with Crippen LogP contribution in [0.5, 0.6) is 0 Å². The Morgan fingerprint density at radius 3 is 3.50 bits per heavy atom. The molecule has 0 N–H and O–H groups in total. The molecular weight excluding hydrogens is 150 g/mol. The predicted octanol–water partition coefficient (Wildman–Crippen LogP) is 0.963. The largest absolute Gasteiger partial charge is 0.243 e. The van der Waals surface area contributed by atoms with Gasteiger partial charge in [0.15, 0.2) is 6.20 Å². The molecule has 0 amide bonds. The van der Waals surface area contributed by atoms with E-state index in [4.69, 9.17) is 0 Å². The van der Waals surface area contributed by atoms with Crippen molar-refractivity contribution in [3.63, 3.8) is 0 Å². The molecule has 3 nitrogen and oxygen atoms in total. The Bertz CT molecular complexity index is 384. The summed E-state index contributed by atoms with van der Waals surface area (Å²) in [6.07, 6.45) is 8.57. The van der Waals surface area contributed by atoms with Crippen molar-refractivity contribution in [2.24, 2.45) is 0 Å². The summed E-state index contributed by atoms with van der Waals surface area (Å²) in [5.41, 5.74) is 2.72. The van der Waals surface area contributed by atoms with E-state index in [9.17, 15) is 0 Å². The van der Waals surface area contributed by atoms with Gasteiger partial charge in [0.25, 0.3) is 0 Å². The molecule has 0 spiro atoms. The summed E-state index contributed by atoms with van der Waals surface area (Å²) in [4.78, 5) is 0. The molecule has 1 aromatic heterocycles. The Kier molecular flexibility index (Phi) is 1.06.